The molecule has 2 amide bonds. The van der Waals surface area contributed by atoms with E-state index in [4.69, 9.17) is 0 Å². The predicted octanol–water partition coefficient (Wildman–Crippen LogP) is 2.77. The van der Waals surface area contributed by atoms with E-state index >= 15 is 0 Å². The van der Waals surface area contributed by atoms with Crippen molar-refractivity contribution in [2.24, 2.45) is 5.92 Å². The largest absolute Gasteiger partial charge is 0.356 e. The molecule has 5 heteroatoms. The number of aromatic nitrogens is 1. The topological polar surface area (TPSA) is 62.3 Å². The summed E-state index contributed by atoms with van der Waals surface area (Å²) in [6, 6.07) is 3.56. The van der Waals surface area contributed by atoms with Crippen molar-refractivity contribution in [3.63, 3.8) is 0 Å². The molecule has 3 rings (SSSR count). The minimum absolute atomic E-state index is 0.0255. The van der Waals surface area contributed by atoms with Crippen LogP contribution in [0.4, 0.5) is 0 Å². The molecule has 2 heterocycles. The molecule has 1 aromatic rings. The van der Waals surface area contributed by atoms with Crippen LogP contribution in [0.2, 0.25) is 0 Å². The number of nitrogens with zero attached hydrogens (tertiary/aromatic N) is 2. The smallest absolute Gasteiger partial charge is 0.254 e. The third-order valence-electron chi connectivity index (χ3n) is 5.28. The highest BCUT2D eigenvalue weighted by Gasteiger charge is 2.37. The van der Waals surface area contributed by atoms with E-state index in [1.165, 1.54) is 0 Å². The van der Waals surface area contributed by atoms with Gasteiger partial charge in [-0.25, -0.2) is 0 Å². The van der Waals surface area contributed by atoms with Gasteiger partial charge in [0.15, 0.2) is 0 Å². The van der Waals surface area contributed by atoms with Crippen molar-refractivity contribution in [1.29, 1.82) is 0 Å². The summed E-state index contributed by atoms with van der Waals surface area (Å²) >= 11 is 0. The van der Waals surface area contributed by atoms with E-state index in [0.29, 0.717) is 5.56 Å². The van der Waals surface area contributed by atoms with Gasteiger partial charge in [-0.15, -0.1) is 0 Å². The quantitative estimate of drug-likeness (QED) is 0.862. The van der Waals surface area contributed by atoms with Gasteiger partial charge < -0.3 is 10.2 Å². The maximum absolute atomic E-state index is 13.1. The lowest BCUT2D eigenvalue weighted by atomic mass is 9.82. The number of carbonyl (C=O) groups is 2. The van der Waals surface area contributed by atoms with E-state index in [9.17, 15) is 9.59 Å². The molecule has 5 nitrogen and oxygen atoms in total. The van der Waals surface area contributed by atoms with Crippen LogP contribution in [0.5, 0.6) is 0 Å². The van der Waals surface area contributed by atoms with Gasteiger partial charge in [-0.1, -0.05) is 25.7 Å². The summed E-state index contributed by atoms with van der Waals surface area (Å²) in [5, 5.41) is 3.09. The Morgan fingerprint density at radius 3 is 2.62 bits per heavy atom. The van der Waals surface area contributed by atoms with Crippen molar-refractivity contribution in [3.05, 3.63) is 30.1 Å². The van der Waals surface area contributed by atoms with E-state index in [-0.39, 0.29) is 23.8 Å². The zero-order chi connectivity index (χ0) is 16.8. The van der Waals surface area contributed by atoms with Gasteiger partial charge in [0.05, 0.1) is 5.92 Å². The van der Waals surface area contributed by atoms with Gasteiger partial charge in [0.2, 0.25) is 5.91 Å². The zero-order valence-corrected chi connectivity index (χ0v) is 14.2. The average Bonchev–Trinajstić information content (AvgIpc) is 2.67. The average molecular weight is 329 g/mol. The maximum Gasteiger partial charge on any atom is 0.254 e. The third-order valence-corrected chi connectivity index (χ3v) is 5.28. The van der Waals surface area contributed by atoms with Gasteiger partial charge in [0.1, 0.15) is 0 Å². The molecule has 1 N–H and O–H groups in total. The molecule has 1 saturated heterocycles. The normalized spacial score (nSPS) is 26.0. The molecule has 0 aromatic carbocycles. The van der Waals surface area contributed by atoms with Crippen LogP contribution in [-0.4, -0.2) is 40.8 Å². The predicted molar refractivity (Wildman–Crippen MR) is 92.5 cm³/mol. The molecule has 24 heavy (non-hydrogen) atoms. The number of fused-ring (bicyclic) bond motifs is 1. The lowest BCUT2D eigenvalue weighted by Crippen LogP contribution is -2.51. The molecule has 0 bridgehead atoms. The molecule has 2 aliphatic rings. The summed E-state index contributed by atoms with van der Waals surface area (Å²) in [5.74, 6) is 0.109. The fraction of sp³-hybridized carbons (Fsp3) is 0.632. The summed E-state index contributed by atoms with van der Waals surface area (Å²) < 4.78 is 0. The monoisotopic (exact) mass is 329 g/mol. The second-order valence-electron chi connectivity index (χ2n) is 6.90. The minimum atomic E-state index is -0.0670. The summed E-state index contributed by atoms with van der Waals surface area (Å²) in [7, 11) is 0. The van der Waals surface area contributed by atoms with Gasteiger partial charge >= 0.3 is 0 Å². The zero-order valence-electron chi connectivity index (χ0n) is 14.2. The van der Waals surface area contributed by atoms with Crippen LogP contribution >= 0.6 is 0 Å². The molecule has 1 aliphatic heterocycles. The lowest BCUT2D eigenvalue weighted by Gasteiger charge is -2.39. The molecule has 1 saturated carbocycles. The van der Waals surface area contributed by atoms with Crippen molar-refractivity contribution >= 4 is 11.8 Å². The molecule has 1 aromatic heterocycles. The first kappa shape index (κ1) is 16.9. The highest BCUT2D eigenvalue weighted by molar-refractivity contribution is 5.94. The second-order valence-corrected chi connectivity index (χ2v) is 6.90. The maximum atomic E-state index is 13.1. The van der Waals surface area contributed by atoms with E-state index < -0.39 is 0 Å². The third kappa shape index (κ3) is 3.94. The Bertz CT molecular complexity index is 561. The minimum Gasteiger partial charge on any atom is -0.356 e. The van der Waals surface area contributed by atoms with Gasteiger partial charge in [-0.2, -0.15) is 0 Å². The standard InChI is InChI=1S/C19H27N3O2/c23-18-16-7-3-4-8-17(16)22(14-6-2-1-5-11-21-18)19(24)15-9-12-20-13-10-15/h9-10,12-13,16-17H,1-8,11,14H2,(H,21,23). The number of rotatable bonds is 1. The Morgan fingerprint density at radius 2 is 1.79 bits per heavy atom. The summed E-state index contributed by atoms with van der Waals surface area (Å²) in [4.78, 5) is 31.7. The van der Waals surface area contributed by atoms with Gasteiger partial charge in [-0.3, -0.25) is 14.6 Å². The molecule has 2 atom stereocenters. The van der Waals surface area contributed by atoms with Crippen LogP contribution in [-0.2, 0) is 4.79 Å². The molecule has 130 valence electrons. The van der Waals surface area contributed by atoms with Crippen LogP contribution in [0.3, 0.4) is 0 Å². The fourth-order valence-corrected chi connectivity index (χ4v) is 3.97. The number of pyridine rings is 1. The van der Waals surface area contributed by atoms with Crippen LogP contribution in [0.25, 0.3) is 0 Å². The molecule has 0 radical (unpaired) electrons. The Morgan fingerprint density at radius 1 is 1.04 bits per heavy atom. The molecule has 0 spiro atoms. The molecular formula is C19H27N3O2. The van der Waals surface area contributed by atoms with Crippen molar-refractivity contribution < 1.29 is 9.59 Å². The highest BCUT2D eigenvalue weighted by atomic mass is 16.2. The lowest BCUT2D eigenvalue weighted by molar-refractivity contribution is -0.128. The van der Waals surface area contributed by atoms with Gasteiger partial charge in [0.25, 0.3) is 5.91 Å². The first-order chi connectivity index (χ1) is 11.8. The van der Waals surface area contributed by atoms with Crippen LogP contribution < -0.4 is 5.32 Å². The van der Waals surface area contributed by atoms with E-state index in [1.54, 1.807) is 24.5 Å². The summed E-state index contributed by atoms with van der Waals surface area (Å²) in [6.07, 6.45) is 11.5. The van der Waals surface area contributed by atoms with Gasteiger partial charge in [-0.05, 0) is 37.8 Å². The number of nitrogens with one attached hydrogen (secondary N) is 1. The Balaban J connectivity index is 1.86. The van der Waals surface area contributed by atoms with E-state index in [1.807, 2.05) is 4.90 Å². The first-order valence-corrected chi connectivity index (χ1v) is 9.26. The molecular weight excluding hydrogens is 302 g/mol. The summed E-state index contributed by atoms with van der Waals surface area (Å²) in [6.45, 7) is 1.51. The van der Waals surface area contributed by atoms with Crippen LogP contribution in [0, 0.1) is 5.92 Å². The van der Waals surface area contributed by atoms with Crippen molar-refractivity contribution in [2.75, 3.05) is 13.1 Å². The van der Waals surface area contributed by atoms with Gasteiger partial charge in [0, 0.05) is 37.1 Å². The number of hydrogen-bond acceptors (Lipinski definition) is 3. The number of hydrogen-bond donors (Lipinski definition) is 1. The molecule has 1 aliphatic carbocycles. The number of amides is 2. The van der Waals surface area contributed by atoms with Crippen molar-refractivity contribution in [2.45, 2.75) is 57.4 Å². The molecule has 2 unspecified atom stereocenters. The van der Waals surface area contributed by atoms with E-state index in [2.05, 4.69) is 10.3 Å². The summed E-state index contributed by atoms with van der Waals surface area (Å²) in [5.41, 5.74) is 0.671. The van der Waals surface area contributed by atoms with Crippen LogP contribution in [0.15, 0.2) is 24.5 Å². The SMILES string of the molecule is O=C1NCCCCCCN(C(=O)c2ccncc2)C2CCCCC12. The highest BCUT2D eigenvalue weighted by Crippen LogP contribution is 2.30. The van der Waals surface area contributed by atoms with Crippen molar-refractivity contribution in [1.82, 2.24) is 15.2 Å². The first-order valence-electron chi connectivity index (χ1n) is 9.26. The van der Waals surface area contributed by atoms with E-state index in [0.717, 1.165) is 64.5 Å². The second kappa shape index (κ2) is 8.27. The Hall–Kier alpha value is -1.91. The van der Waals surface area contributed by atoms with Crippen LogP contribution in [0.1, 0.15) is 61.7 Å². The molecule has 2 fully saturated rings. The Labute approximate surface area is 143 Å². The fourth-order valence-electron chi connectivity index (χ4n) is 3.97. The Kier molecular flexibility index (Phi) is 5.83. The number of carbonyl (C=O) groups excluding carboxylic acids is 2. The van der Waals surface area contributed by atoms with Crippen molar-refractivity contribution in [3.8, 4) is 0 Å².